The van der Waals surface area contributed by atoms with Crippen molar-refractivity contribution < 1.29 is 4.79 Å². The molecule has 4 bridgehead atoms. The van der Waals surface area contributed by atoms with Crippen LogP contribution in [-0.2, 0) is 4.79 Å². The van der Waals surface area contributed by atoms with E-state index in [0.29, 0.717) is 12.2 Å². The van der Waals surface area contributed by atoms with E-state index in [1.165, 1.54) is 38.5 Å². The Bertz CT molecular complexity index is 806. The molecule has 0 radical (unpaired) electrons. The third-order valence-corrected chi connectivity index (χ3v) is 6.85. The molecule has 0 aliphatic heterocycles. The van der Waals surface area contributed by atoms with Crippen LogP contribution in [0.1, 0.15) is 56.7 Å². The van der Waals surface area contributed by atoms with E-state index >= 15 is 0 Å². The Labute approximate surface area is 147 Å². The van der Waals surface area contributed by atoms with Crippen molar-refractivity contribution in [3.05, 3.63) is 30.1 Å². The van der Waals surface area contributed by atoms with Gasteiger partial charge in [-0.2, -0.15) is 5.26 Å². The van der Waals surface area contributed by atoms with Gasteiger partial charge in [0.25, 0.3) is 0 Å². The molecule has 6 rings (SSSR count). The maximum Gasteiger partial charge on any atom is 0.162 e. The molecule has 4 fully saturated rings. The zero-order valence-corrected chi connectivity index (χ0v) is 14.4. The van der Waals surface area contributed by atoms with Crippen LogP contribution in [0.25, 0.3) is 11.0 Å². The van der Waals surface area contributed by atoms with E-state index in [-0.39, 0.29) is 11.2 Å². The number of benzene rings is 1. The van der Waals surface area contributed by atoms with Gasteiger partial charge in [0, 0.05) is 6.42 Å². The van der Waals surface area contributed by atoms with Gasteiger partial charge in [-0.25, -0.2) is 4.98 Å². The Hall–Kier alpha value is -2.15. The largest absolute Gasteiger partial charge is 0.340 e. The van der Waals surface area contributed by atoms with Gasteiger partial charge in [-0.1, -0.05) is 12.1 Å². The van der Waals surface area contributed by atoms with E-state index in [9.17, 15) is 10.1 Å². The number of rotatable bonds is 4. The highest BCUT2D eigenvalue weighted by Gasteiger charge is 2.51. The van der Waals surface area contributed by atoms with Crippen LogP contribution in [0.15, 0.2) is 24.3 Å². The molecule has 2 aromatic rings. The SMILES string of the molecule is N#C[C@@H](C(=O)CC12CC3CC(CC(C3)C1)C2)c1nc2ccccc2[nH]1. The van der Waals surface area contributed by atoms with Crippen LogP contribution in [0.2, 0.25) is 0 Å². The summed E-state index contributed by atoms with van der Waals surface area (Å²) in [5, 5.41) is 9.66. The molecule has 1 aromatic carbocycles. The number of Topliss-reactive ketones (excluding diaryl/α,β-unsaturated/α-hetero) is 1. The Morgan fingerprint density at radius 3 is 2.44 bits per heavy atom. The van der Waals surface area contributed by atoms with Gasteiger partial charge in [0.2, 0.25) is 0 Å². The van der Waals surface area contributed by atoms with Crippen molar-refractivity contribution >= 4 is 16.8 Å². The van der Waals surface area contributed by atoms with Crippen molar-refractivity contribution in [2.75, 3.05) is 0 Å². The average Bonchev–Trinajstić information content (AvgIpc) is 2.97. The predicted molar refractivity (Wildman–Crippen MR) is 94.7 cm³/mol. The molecule has 4 saturated carbocycles. The molecule has 1 atom stereocenters. The Morgan fingerprint density at radius 1 is 1.20 bits per heavy atom. The highest BCUT2D eigenvalue weighted by Crippen LogP contribution is 2.61. The maximum absolute atomic E-state index is 13.1. The summed E-state index contributed by atoms with van der Waals surface area (Å²) in [6.07, 6.45) is 8.27. The molecule has 4 nitrogen and oxygen atoms in total. The van der Waals surface area contributed by atoms with E-state index < -0.39 is 5.92 Å². The number of hydrogen-bond donors (Lipinski definition) is 1. The van der Waals surface area contributed by atoms with E-state index in [1.807, 2.05) is 24.3 Å². The zero-order chi connectivity index (χ0) is 17.0. The summed E-state index contributed by atoms with van der Waals surface area (Å²) in [6, 6.07) is 9.92. The summed E-state index contributed by atoms with van der Waals surface area (Å²) < 4.78 is 0. The van der Waals surface area contributed by atoms with E-state index in [0.717, 1.165) is 28.8 Å². The van der Waals surface area contributed by atoms with Crippen LogP contribution in [-0.4, -0.2) is 15.8 Å². The van der Waals surface area contributed by atoms with E-state index in [2.05, 4.69) is 16.0 Å². The molecule has 0 saturated heterocycles. The number of H-pyrrole nitrogens is 1. The quantitative estimate of drug-likeness (QED) is 0.904. The summed E-state index contributed by atoms with van der Waals surface area (Å²) in [7, 11) is 0. The summed E-state index contributed by atoms with van der Waals surface area (Å²) in [5.74, 6) is 2.28. The summed E-state index contributed by atoms with van der Waals surface area (Å²) in [5.41, 5.74) is 1.88. The van der Waals surface area contributed by atoms with Gasteiger partial charge in [-0.3, -0.25) is 4.79 Å². The third kappa shape index (κ3) is 2.49. The monoisotopic (exact) mass is 333 g/mol. The number of fused-ring (bicyclic) bond motifs is 1. The van der Waals surface area contributed by atoms with Crippen molar-refractivity contribution in [1.29, 1.82) is 5.26 Å². The topological polar surface area (TPSA) is 69.5 Å². The molecule has 4 heteroatoms. The molecule has 4 aliphatic rings. The lowest BCUT2D eigenvalue weighted by molar-refractivity contribution is -0.127. The number of aromatic amines is 1. The Balaban J connectivity index is 1.40. The second-order valence-electron chi connectivity index (χ2n) is 8.76. The molecule has 1 aromatic heterocycles. The van der Waals surface area contributed by atoms with Gasteiger partial charge >= 0.3 is 0 Å². The van der Waals surface area contributed by atoms with Gasteiger partial charge in [-0.05, 0) is 73.8 Å². The molecular weight excluding hydrogens is 310 g/mol. The van der Waals surface area contributed by atoms with Crippen molar-refractivity contribution in [2.45, 2.75) is 50.9 Å². The first-order chi connectivity index (χ1) is 12.1. The second-order valence-corrected chi connectivity index (χ2v) is 8.76. The van der Waals surface area contributed by atoms with Gasteiger partial charge < -0.3 is 4.98 Å². The van der Waals surface area contributed by atoms with Gasteiger partial charge in [0.1, 0.15) is 5.82 Å². The fourth-order valence-electron chi connectivity index (χ4n) is 6.37. The molecule has 1 heterocycles. The van der Waals surface area contributed by atoms with Crippen LogP contribution < -0.4 is 0 Å². The highest BCUT2D eigenvalue weighted by molar-refractivity contribution is 5.89. The van der Waals surface area contributed by atoms with Gasteiger partial charge in [0.05, 0.1) is 17.1 Å². The normalized spacial score (nSPS) is 34.1. The number of para-hydroxylation sites is 2. The Kier molecular flexibility index (Phi) is 3.28. The van der Waals surface area contributed by atoms with Crippen molar-refractivity contribution in [2.24, 2.45) is 23.2 Å². The van der Waals surface area contributed by atoms with Crippen molar-refractivity contribution in [3.8, 4) is 6.07 Å². The fourth-order valence-corrected chi connectivity index (χ4v) is 6.37. The van der Waals surface area contributed by atoms with Crippen LogP contribution in [0, 0.1) is 34.5 Å². The summed E-state index contributed by atoms with van der Waals surface area (Å²) in [6.45, 7) is 0. The number of aromatic nitrogens is 2. The standard InChI is InChI=1S/C21H23N3O/c22-12-16(20-23-17-3-1-2-4-18(17)24-20)19(25)11-21-8-13-5-14(9-21)7-15(6-13)10-21/h1-4,13-16H,5-11H2,(H,23,24)/t13?,14?,15?,16-,21?/m0/s1. The highest BCUT2D eigenvalue weighted by atomic mass is 16.1. The van der Waals surface area contributed by atoms with Gasteiger partial charge in [-0.15, -0.1) is 0 Å². The lowest BCUT2D eigenvalue weighted by atomic mass is 9.48. The molecule has 0 amide bonds. The first kappa shape index (κ1) is 15.1. The number of nitrogens with zero attached hydrogens (tertiary/aromatic N) is 2. The van der Waals surface area contributed by atoms with E-state index in [4.69, 9.17) is 0 Å². The molecule has 25 heavy (non-hydrogen) atoms. The minimum Gasteiger partial charge on any atom is -0.340 e. The summed E-state index contributed by atoms with van der Waals surface area (Å²) in [4.78, 5) is 20.7. The van der Waals surface area contributed by atoms with Crippen LogP contribution >= 0.6 is 0 Å². The lowest BCUT2D eigenvalue weighted by Gasteiger charge is -2.56. The molecule has 0 spiro atoms. The van der Waals surface area contributed by atoms with Crippen molar-refractivity contribution in [3.63, 3.8) is 0 Å². The summed E-state index contributed by atoms with van der Waals surface area (Å²) >= 11 is 0. The minimum atomic E-state index is -0.764. The second kappa shape index (κ2) is 5.42. The number of imidazole rings is 1. The number of carbonyl (C=O) groups excluding carboxylic acids is 1. The Morgan fingerprint density at radius 2 is 1.84 bits per heavy atom. The van der Waals surface area contributed by atoms with Crippen LogP contribution in [0.5, 0.6) is 0 Å². The number of nitrogens with one attached hydrogen (secondary N) is 1. The first-order valence-corrected chi connectivity index (χ1v) is 9.51. The number of ketones is 1. The van der Waals surface area contributed by atoms with Gasteiger partial charge in [0.15, 0.2) is 11.7 Å². The number of hydrogen-bond acceptors (Lipinski definition) is 3. The molecule has 128 valence electrons. The van der Waals surface area contributed by atoms with E-state index in [1.54, 1.807) is 0 Å². The number of carbonyl (C=O) groups is 1. The van der Waals surface area contributed by atoms with Crippen molar-refractivity contribution in [1.82, 2.24) is 9.97 Å². The number of nitriles is 1. The smallest absolute Gasteiger partial charge is 0.162 e. The molecule has 1 N–H and O–H groups in total. The zero-order valence-electron chi connectivity index (χ0n) is 14.4. The fraction of sp³-hybridized carbons (Fsp3) is 0.571. The van der Waals surface area contributed by atoms with Crippen LogP contribution in [0.4, 0.5) is 0 Å². The molecular formula is C21H23N3O. The van der Waals surface area contributed by atoms with Crippen LogP contribution in [0.3, 0.4) is 0 Å². The molecule has 4 aliphatic carbocycles. The lowest BCUT2D eigenvalue weighted by Crippen LogP contribution is -2.47. The minimum absolute atomic E-state index is 0.0588. The maximum atomic E-state index is 13.1. The predicted octanol–water partition coefficient (Wildman–Crippen LogP) is 4.35. The third-order valence-electron chi connectivity index (χ3n) is 6.85. The average molecular weight is 333 g/mol. The first-order valence-electron chi connectivity index (χ1n) is 9.51. The molecule has 0 unspecified atom stereocenters.